The number of morpholine rings is 1. The summed E-state index contributed by atoms with van der Waals surface area (Å²) in [5.74, 6) is -1.84. The summed E-state index contributed by atoms with van der Waals surface area (Å²) in [5.41, 5.74) is 1.63. The first-order valence-electron chi connectivity index (χ1n) is 13.8. The Morgan fingerprint density at radius 3 is 2.58 bits per heavy atom. The highest BCUT2D eigenvalue weighted by Crippen LogP contribution is 2.28. The molecule has 1 saturated heterocycles. The van der Waals surface area contributed by atoms with Crippen LogP contribution in [0.25, 0.3) is 0 Å². The van der Waals surface area contributed by atoms with E-state index in [0.717, 1.165) is 51.3 Å². The third kappa shape index (κ3) is 8.76. The number of ether oxygens (including phenoxy) is 1. The molecule has 3 atom stereocenters. The molecule has 0 spiro atoms. The SMILES string of the molecule is CSc1nnc([C@H](CC(C)C)C(=O)NC(=O)[C@@H]2CCCC[C@@H]2NC(=O)c2cccc(CN3CCOCC3)c2)o1.Cl. The molecule has 0 radical (unpaired) electrons. The highest BCUT2D eigenvalue weighted by Gasteiger charge is 2.35. The van der Waals surface area contributed by atoms with Crippen LogP contribution in [0.4, 0.5) is 0 Å². The molecule has 1 aromatic heterocycles. The van der Waals surface area contributed by atoms with E-state index in [2.05, 4.69) is 25.7 Å². The summed E-state index contributed by atoms with van der Waals surface area (Å²) in [6.45, 7) is 7.94. The number of rotatable bonds is 10. The third-order valence-electron chi connectivity index (χ3n) is 7.28. The summed E-state index contributed by atoms with van der Waals surface area (Å²) in [6.07, 6.45) is 5.35. The molecule has 40 heavy (non-hydrogen) atoms. The minimum atomic E-state index is -0.715. The van der Waals surface area contributed by atoms with Crippen LogP contribution in [-0.2, 0) is 20.9 Å². The summed E-state index contributed by atoms with van der Waals surface area (Å²) >= 11 is 1.30. The molecule has 4 rings (SSSR count). The Bertz CT molecular complexity index is 1140. The van der Waals surface area contributed by atoms with E-state index in [1.54, 1.807) is 6.07 Å². The Hall–Kier alpha value is -2.47. The quantitative estimate of drug-likeness (QED) is 0.395. The van der Waals surface area contributed by atoms with E-state index in [1.165, 1.54) is 11.8 Å². The summed E-state index contributed by atoms with van der Waals surface area (Å²) < 4.78 is 11.1. The maximum Gasteiger partial charge on any atom is 0.276 e. The van der Waals surface area contributed by atoms with Crippen molar-refractivity contribution in [3.63, 3.8) is 0 Å². The first-order valence-corrected chi connectivity index (χ1v) is 15.0. The fraction of sp³-hybridized carbons (Fsp3) is 0.607. The third-order valence-corrected chi connectivity index (χ3v) is 7.80. The zero-order chi connectivity index (χ0) is 27.8. The van der Waals surface area contributed by atoms with Gasteiger partial charge >= 0.3 is 0 Å². The van der Waals surface area contributed by atoms with E-state index in [-0.39, 0.29) is 42.1 Å². The Kier molecular flexibility index (Phi) is 12.4. The van der Waals surface area contributed by atoms with Gasteiger partial charge in [0.15, 0.2) is 0 Å². The molecular formula is C28H40ClN5O5S. The fourth-order valence-electron chi connectivity index (χ4n) is 5.23. The van der Waals surface area contributed by atoms with Crippen molar-refractivity contribution in [3.05, 3.63) is 41.3 Å². The van der Waals surface area contributed by atoms with Gasteiger partial charge < -0.3 is 14.5 Å². The molecule has 2 aliphatic rings. The first kappa shape index (κ1) is 32.0. The molecule has 2 heterocycles. The second-order valence-corrected chi connectivity index (χ2v) is 11.5. The van der Waals surface area contributed by atoms with Crippen molar-refractivity contribution in [1.29, 1.82) is 0 Å². The number of thioether (sulfide) groups is 1. The standard InChI is InChI=1S/C28H39N5O5S.ClH/c1-18(2)15-22(27-31-32-28(38-27)39-3)26(36)30-25(35)21-9-4-5-10-23(21)29-24(34)20-8-6-7-19(16-20)17-33-11-13-37-14-12-33;/h6-8,16,18,21-23H,4-5,9-15,17H2,1-3H3,(H,29,34)(H,30,35,36);1H/t21-,22-,23+;/m1./s1. The molecule has 220 valence electrons. The lowest BCUT2D eigenvalue weighted by Gasteiger charge is -2.31. The second kappa shape index (κ2) is 15.5. The van der Waals surface area contributed by atoms with Gasteiger partial charge in [-0.05, 0) is 49.1 Å². The number of nitrogens with zero attached hydrogens (tertiary/aromatic N) is 3. The molecule has 0 bridgehead atoms. The molecule has 1 aromatic carbocycles. The molecule has 1 aliphatic carbocycles. The smallest absolute Gasteiger partial charge is 0.276 e. The van der Waals surface area contributed by atoms with Crippen LogP contribution in [-0.4, -0.2) is 71.4 Å². The van der Waals surface area contributed by atoms with Crippen molar-refractivity contribution in [3.8, 4) is 0 Å². The van der Waals surface area contributed by atoms with Gasteiger partial charge in [-0.3, -0.25) is 24.6 Å². The Balaban J connectivity index is 0.00000441. The zero-order valence-corrected chi connectivity index (χ0v) is 25.0. The summed E-state index contributed by atoms with van der Waals surface area (Å²) in [6, 6.07) is 7.27. The maximum absolute atomic E-state index is 13.3. The van der Waals surface area contributed by atoms with Crippen LogP contribution in [0.1, 0.15) is 73.7 Å². The first-order chi connectivity index (χ1) is 18.8. The Morgan fingerprint density at radius 1 is 1.12 bits per heavy atom. The molecule has 3 amide bonds. The highest BCUT2D eigenvalue weighted by molar-refractivity contribution is 7.98. The number of nitrogens with one attached hydrogen (secondary N) is 2. The van der Waals surface area contributed by atoms with E-state index < -0.39 is 17.7 Å². The number of hydrogen-bond acceptors (Lipinski definition) is 9. The predicted octanol–water partition coefficient (Wildman–Crippen LogP) is 3.81. The van der Waals surface area contributed by atoms with E-state index in [0.29, 0.717) is 30.0 Å². The number of benzene rings is 1. The zero-order valence-electron chi connectivity index (χ0n) is 23.4. The number of imide groups is 1. The molecule has 0 unspecified atom stereocenters. The van der Waals surface area contributed by atoms with Gasteiger partial charge in [-0.1, -0.05) is 50.6 Å². The number of amides is 3. The topological polar surface area (TPSA) is 127 Å². The van der Waals surface area contributed by atoms with Crippen LogP contribution >= 0.6 is 24.2 Å². The van der Waals surface area contributed by atoms with Crippen molar-refractivity contribution in [1.82, 2.24) is 25.7 Å². The van der Waals surface area contributed by atoms with Crippen LogP contribution in [0.3, 0.4) is 0 Å². The normalized spacial score (nSPS) is 20.4. The lowest BCUT2D eigenvalue weighted by Crippen LogP contribution is -2.50. The largest absolute Gasteiger partial charge is 0.415 e. The van der Waals surface area contributed by atoms with E-state index >= 15 is 0 Å². The molecule has 10 nitrogen and oxygen atoms in total. The number of carbonyl (C=O) groups excluding carboxylic acids is 3. The van der Waals surface area contributed by atoms with Crippen LogP contribution in [0, 0.1) is 11.8 Å². The molecular weight excluding hydrogens is 554 g/mol. The minimum absolute atomic E-state index is 0. The lowest BCUT2D eigenvalue weighted by molar-refractivity contribution is -0.135. The van der Waals surface area contributed by atoms with E-state index in [1.807, 2.05) is 38.3 Å². The molecule has 2 fully saturated rings. The molecule has 2 N–H and O–H groups in total. The average molecular weight is 594 g/mol. The van der Waals surface area contributed by atoms with Gasteiger partial charge in [0.05, 0.1) is 19.1 Å². The van der Waals surface area contributed by atoms with Gasteiger partial charge in [-0.15, -0.1) is 22.6 Å². The van der Waals surface area contributed by atoms with Gasteiger partial charge in [0.1, 0.15) is 5.92 Å². The van der Waals surface area contributed by atoms with Gasteiger partial charge in [0.25, 0.3) is 11.1 Å². The van der Waals surface area contributed by atoms with Crippen LogP contribution in [0.5, 0.6) is 0 Å². The Morgan fingerprint density at radius 2 is 1.88 bits per heavy atom. The van der Waals surface area contributed by atoms with Crippen molar-refractivity contribution >= 4 is 41.9 Å². The molecule has 1 saturated carbocycles. The van der Waals surface area contributed by atoms with Gasteiger partial charge in [-0.2, -0.15) is 0 Å². The summed E-state index contributed by atoms with van der Waals surface area (Å²) in [7, 11) is 0. The minimum Gasteiger partial charge on any atom is -0.415 e. The van der Waals surface area contributed by atoms with Gasteiger partial charge in [-0.25, -0.2) is 0 Å². The maximum atomic E-state index is 13.3. The van der Waals surface area contributed by atoms with Crippen LogP contribution in [0.2, 0.25) is 0 Å². The van der Waals surface area contributed by atoms with E-state index in [9.17, 15) is 14.4 Å². The average Bonchev–Trinajstić information content (AvgIpc) is 3.41. The Labute approximate surface area is 246 Å². The molecule has 2 aromatic rings. The molecule has 1 aliphatic heterocycles. The van der Waals surface area contributed by atoms with Crippen LogP contribution in [0.15, 0.2) is 33.9 Å². The van der Waals surface area contributed by atoms with Crippen molar-refractivity contribution in [2.75, 3.05) is 32.6 Å². The summed E-state index contributed by atoms with van der Waals surface area (Å²) in [4.78, 5) is 42.1. The second-order valence-electron chi connectivity index (χ2n) is 10.7. The summed E-state index contributed by atoms with van der Waals surface area (Å²) in [5, 5.41) is 14.1. The van der Waals surface area contributed by atoms with Gasteiger partial charge in [0.2, 0.25) is 17.7 Å². The monoisotopic (exact) mass is 593 g/mol. The lowest BCUT2D eigenvalue weighted by atomic mass is 9.83. The fourth-order valence-corrected chi connectivity index (χ4v) is 5.53. The van der Waals surface area contributed by atoms with Gasteiger partial charge in [0, 0.05) is 31.2 Å². The number of carbonyl (C=O) groups is 3. The number of halogens is 1. The predicted molar refractivity (Wildman–Crippen MR) is 154 cm³/mol. The van der Waals surface area contributed by atoms with E-state index in [4.69, 9.17) is 9.15 Å². The van der Waals surface area contributed by atoms with Crippen LogP contribution < -0.4 is 10.6 Å². The molecule has 12 heteroatoms. The number of aromatic nitrogens is 2. The number of hydrogen-bond donors (Lipinski definition) is 2. The van der Waals surface area contributed by atoms with Crippen molar-refractivity contribution in [2.24, 2.45) is 11.8 Å². The van der Waals surface area contributed by atoms with Crippen molar-refractivity contribution in [2.45, 2.75) is 69.7 Å². The highest BCUT2D eigenvalue weighted by atomic mass is 35.5. The van der Waals surface area contributed by atoms with Crippen molar-refractivity contribution < 1.29 is 23.5 Å².